The van der Waals surface area contributed by atoms with Crippen LogP contribution < -0.4 is 4.74 Å². The number of Topliss-reactive ketones (excluding diaryl/α,β-unsaturated/α-hetero) is 1. The number of ketones is 1. The van der Waals surface area contributed by atoms with Crippen LogP contribution in [0.1, 0.15) is 17.3 Å². The summed E-state index contributed by atoms with van der Waals surface area (Å²) in [6.07, 6.45) is 0. The number of carbonyl (C=O) groups is 1. The Morgan fingerprint density at radius 3 is 2.75 bits per heavy atom. The lowest BCUT2D eigenvalue weighted by Crippen LogP contribution is -1.99. The molecule has 1 aromatic carbocycles. The maximum Gasteiger partial charge on any atom is 0.163 e. The first kappa shape index (κ1) is 8.78. The minimum atomic E-state index is 0.0130. The molecule has 0 aromatic heterocycles. The predicted octanol–water partition coefficient (Wildman–Crippen LogP) is 2.10. The van der Waals surface area contributed by atoms with Gasteiger partial charge in [0.25, 0.3) is 0 Å². The topological polar surface area (TPSA) is 26.3 Å². The second-order valence-corrected chi connectivity index (χ2v) is 2.40. The van der Waals surface area contributed by atoms with E-state index in [2.05, 4.69) is 6.92 Å². The molecule has 0 amide bonds. The molecule has 0 aliphatic heterocycles. The third-order valence-corrected chi connectivity index (χ3v) is 1.52. The predicted molar refractivity (Wildman–Crippen MR) is 47.3 cm³/mol. The Labute approximate surface area is 72.2 Å². The average Bonchev–Trinajstić information content (AvgIpc) is 2.05. The first-order chi connectivity index (χ1) is 5.75. The Balaban J connectivity index is 3.00. The van der Waals surface area contributed by atoms with E-state index in [1.807, 2.05) is 12.1 Å². The quantitative estimate of drug-likeness (QED) is 0.638. The largest absolute Gasteiger partial charge is 0.493 e. The fourth-order valence-electron chi connectivity index (χ4n) is 0.993. The third-order valence-electron chi connectivity index (χ3n) is 1.52. The van der Waals surface area contributed by atoms with E-state index in [0.29, 0.717) is 17.9 Å². The molecule has 0 aliphatic carbocycles. The number of hydrogen-bond acceptors (Lipinski definition) is 2. The molecule has 0 N–H and O–H groups in total. The molecule has 63 valence electrons. The molecule has 2 heteroatoms. The molecule has 0 saturated heterocycles. The van der Waals surface area contributed by atoms with Gasteiger partial charge in [-0.05, 0) is 26.0 Å². The van der Waals surface area contributed by atoms with Crippen LogP contribution in [0.4, 0.5) is 0 Å². The van der Waals surface area contributed by atoms with Crippen molar-refractivity contribution < 1.29 is 9.53 Å². The molecule has 1 aromatic rings. The maximum atomic E-state index is 11.0. The van der Waals surface area contributed by atoms with Gasteiger partial charge < -0.3 is 4.74 Å². The van der Waals surface area contributed by atoms with Gasteiger partial charge in [-0.3, -0.25) is 4.79 Å². The summed E-state index contributed by atoms with van der Waals surface area (Å²) in [7, 11) is 0. The number of para-hydroxylation sites is 1. The van der Waals surface area contributed by atoms with Crippen LogP contribution in [0.2, 0.25) is 0 Å². The van der Waals surface area contributed by atoms with E-state index < -0.39 is 0 Å². The Kier molecular flexibility index (Phi) is 2.86. The van der Waals surface area contributed by atoms with Crippen molar-refractivity contribution in [2.24, 2.45) is 0 Å². The molecule has 1 rings (SSSR count). The number of carbonyl (C=O) groups excluding carboxylic acids is 1. The van der Waals surface area contributed by atoms with E-state index >= 15 is 0 Å². The van der Waals surface area contributed by atoms with E-state index in [1.165, 1.54) is 6.92 Å². The van der Waals surface area contributed by atoms with E-state index in [9.17, 15) is 4.79 Å². The molecule has 0 heterocycles. The van der Waals surface area contributed by atoms with Crippen LogP contribution in [-0.4, -0.2) is 12.4 Å². The smallest absolute Gasteiger partial charge is 0.163 e. The summed E-state index contributed by atoms with van der Waals surface area (Å²) in [5.74, 6) is 0.624. The zero-order valence-electron chi connectivity index (χ0n) is 7.04. The molecule has 0 spiro atoms. The third kappa shape index (κ3) is 1.84. The molecular weight excluding hydrogens is 152 g/mol. The van der Waals surface area contributed by atoms with Gasteiger partial charge in [-0.25, -0.2) is 0 Å². The minimum absolute atomic E-state index is 0.0130. The Bertz CT molecular complexity index is 279. The average molecular weight is 163 g/mol. The molecule has 1 radical (unpaired) electrons. The van der Waals surface area contributed by atoms with Crippen molar-refractivity contribution in [1.82, 2.24) is 0 Å². The molecule has 12 heavy (non-hydrogen) atoms. The van der Waals surface area contributed by atoms with Gasteiger partial charge in [-0.15, -0.1) is 0 Å². The lowest BCUT2D eigenvalue weighted by molar-refractivity contribution is 0.101. The summed E-state index contributed by atoms with van der Waals surface area (Å²) in [5.41, 5.74) is 0.612. The summed E-state index contributed by atoms with van der Waals surface area (Å²) < 4.78 is 5.17. The highest BCUT2D eigenvalue weighted by atomic mass is 16.5. The Hall–Kier alpha value is -1.31. The maximum absolute atomic E-state index is 11.0. The van der Waals surface area contributed by atoms with Crippen LogP contribution in [0.5, 0.6) is 5.75 Å². The van der Waals surface area contributed by atoms with Crippen LogP contribution >= 0.6 is 0 Å². The second-order valence-electron chi connectivity index (χ2n) is 2.40. The molecule has 0 fully saturated rings. The van der Waals surface area contributed by atoms with Crippen molar-refractivity contribution in [3.05, 3.63) is 36.8 Å². The fraction of sp³-hybridized carbons (Fsp3) is 0.200. The summed E-state index contributed by atoms with van der Waals surface area (Å²) in [4.78, 5) is 11.0. The molecule has 0 unspecified atom stereocenters. The summed E-state index contributed by atoms with van der Waals surface area (Å²) in [6, 6.07) is 7.15. The molecular formula is C10H11O2. The molecule has 0 aliphatic rings. The van der Waals surface area contributed by atoms with Gasteiger partial charge in [0.05, 0.1) is 12.2 Å². The zero-order valence-corrected chi connectivity index (χ0v) is 7.04. The van der Waals surface area contributed by atoms with Gasteiger partial charge in [0.15, 0.2) is 5.78 Å². The molecule has 0 bridgehead atoms. The minimum Gasteiger partial charge on any atom is -0.493 e. The monoisotopic (exact) mass is 163 g/mol. The van der Waals surface area contributed by atoms with E-state index in [4.69, 9.17) is 4.74 Å². The van der Waals surface area contributed by atoms with Crippen molar-refractivity contribution in [1.29, 1.82) is 0 Å². The van der Waals surface area contributed by atoms with Crippen molar-refractivity contribution in [2.45, 2.75) is 6.92 Å². The number of benzene rings is 1. The van der Waals surface area contributed by atoms with Crippen LogP contribution in [-0.2, 0) is 0 Å². The van der Waals surface area contributed by atoms with Gasteiger partial charge >= 0.3 is 0 Å². The lowest BCUT2D eigenvalue weighted by atomic mass is 10.1. The molecule has 0 atom stereocenters. The van der Waals surface area contributed by atoms with Crippen LogP contribution in [0.15, 0.2) is 24.3 Å². The van der Waals surface area contributed by atoms with Gasteiger partial charge in [-0.2, -0.15) is 0 Å². The highest BCUT2D eigenvalue weighted by molar-refractivity contribution is 5.96. The highest BCUT2D eigenvalue weighted by Crippen LogP contribution is 2.17. The van der Waals surface area contributed by atoms with Gasteiger partial charge in [0.1, 0.15) is 5.75 Å². The second kappa shape index (κ2) is 3.90. The van der Waals surface area contributed by atoms with Crippen molar-refractivity contribution >= 4 is 5.78 Å². The van der Waals surface area contributed by atoms with E-state index in [1.54, 1.807) is 12.1 Å². The normalized spacial score (nSPS) is 9.50. The first-order valence-corrected chi connectivity index (χ1v) is 3.77. The number of hydrogen-bond donors (Lipinski definition) is 0. The number of ether oxygens (including phenoxy) is 1. The van der Waals surface area contributed by atoms with Crippen molar-refractivity contribution in [3.8, 4) is 5.75 Å². The zero-order chi connectivity index (χ0) is 8.97. The summed E-state index contributed by atoms with van der Waals surface area (Å²) in [5, 5.41) is 0. The summed E-state index contributed by atoms with van der Waals surface area (Å²) >= 11 is 0. The van der Waals surface area contributed by atoms with Crippen LogP contribution in [0.3, 0.4) is 0 Å². The van der Waals surface area contributed by atoms with Crippen LogP contribution in [0, 0.1) is 6.92 Å². The van der Waals surface area contributed by atoms with E-state index in [-0.39, 0.29) is 5.78 Å². The standard InChI is InChI=1S/C10H11O2/c1-3-12-10-7-5-4-6-9(10)8(2)11/h4-7H,1,3H2,2H3. The highest BCUT2D eigenvalue weighted by Gasteiger charge is 2.05. The van der Waals surface area contributed by atoms with Gasteiger partial charge in [-0.1, -0.05) is 12.1 Å². The lowest BCUT2D eigenvalue weighted by Gasteiger charge is -2.06. The first-order valence-electron chi connectivity index (χ1n) is 3.77. The fourth-order valence-corrected chi connectivity index (χ4v) is 0.993. The Morgan fingerprint density at radius 2 is 2.17 bits per heavy atom. The molecule has 2 nitrogen and oxygen atoms in total. The van der Waals surface area contributed by atoms with Crippen molar-refractivity contribution in [2.75, 3.05) is 6.61 Å². The van der Waals surface area contributed by atoms with Gasteiger partial charge in [0.2, 0.25) is 0 Å². The van der Waals surface area contributed by atoms with Crippen molar-refractivity contribution in [3.63, 3.8) is 0 Å². The summed E-state index contributed by atoms with van der Waals surface area (Å²) in [6.45, 7) is 5.40. The molecule has 0 saturated carbocycles. The van der Waals surface area contributed by atoms with Gasteiger partial charge in [0, 0.05) is 0 Å². The van der Waals surface area contributed by atoms with E-state index in [0.717, 1.165) is 0 Å². The number of rotatable bonds is 3. The van der Waals surface area contributed by atoms with Crippen LogP contribution in [0.25, 0.3) is 0 Å². The SMILES string of the molecule is [CH2]COc1ccccc1C(C)=O. The Morgan fingerprint density at radius 1 is 1.50 bits per heavy atom.